The number of benzene rings is 1. The number of para-hydroxylation sites is 1. The number of fused-ring (bicyclic) bond motifs is 3. The summed E-state index contributed by atoms with van der Waals surface area (Å²) in [7, 11) is 3.56. The zero-order valence-corrected chi connectivity index (χ0v) is 14.9. The molecule has 0 aliphatic heterocycles. The van der Waals surface area contributed by atoms with Gasteiger partial charge >= 0.3 is 0 Å². The number of hydrogen-bond acceptors (Lipinski definition) is 5. The molecule has 1 aliphatic rings. The Balaban J connectivity index is 1.53. The van der Waals surface area contributed by atoms with Gasteiger partial charge in [-0.1, -0.05) is 18.2 Å². The number of ether oxygens (including phenoxy) is 1. The lowest BCUT2D eigenvalue weighted by Gasteiger charge is -2.10. The zero-order valence-electron chi connectivity index (χ0n) is 14.1. The summed E-state index contributed by atoms with van der Waals surface area (Å²) in [5.41, 5.74) is 4.08. The molecule has 2 heterocycles. The maximum atomic E-state index is 12.4. The van der Waals surface area contributed by atoms with Gasteiger partial charge in [-0.2, -0.15) is 5.10 Å². The molecule has 0 spiro atoms. The maximum Gasteiger partial charge on any atom is 0.230 e. The molecule has 0 atom stereocenters. The molecule has 1 aliphatic carbocycles. The van der Waals surface area contributed by atoms with Gasteiger partial charge in [-0.15, -0.1) is 11.3 Å². The first-order valence-corrected chi connectivity index (χ1v) is 8.90. The molecule has 1 amide bonds. The van der Waals surface area contributed by atoms with E-state index in [1.807, 2.05) is 42.2 Å². The van der Waals surface area contributed by atoms with Gasteiger partial charge in [0.25, 0.3) is 0 Å². The second-order valence-corrected chi connectivity index (χ2v) is 7.04. The molecular formula is C18H18N4O2S. The van der Waals surface area contributed by atoms with Crippen LogP contribution in [0.25, 0.3) is 11.3 Å². The predicted molar refractivity (Wildman–Crippen MR) is 97.1 cm³/mol. The Hall–Kier alpha value is -2.67. The molecule has 1 aromatic carbocycles. The van der Waals surface area contributed by atoms with E-state index in [0.717, 1.165) is 35.4 Å². The van der Waals surface area contributed by atoms with E-state index in [1.165, 1.54) is 10.6 Å². The zero-order chi connectivity index (χ0) is 17.4. The second kappa shape index (κ2) is 6.33. The molecular weight excluding hydrogens is 336 g/mol. The minimum atomic E-state index is -0.0954. The number of aromatic nitrogens is 3. The van der Waals surface area contributed by atoms with Crippen molar-refractivity contribution in [1.82, 2.24) is 14.8 Å². The number of methoxy groups -OCH3 is 1. The highest BCUT2D eigenvalue weighted by Gasteiger charge is 2.24. The number of thiazole rings is 1. The molecule has 0 fully saturated rings. The number of nitrogens with one attached hydrogen (secondary N) is 1. The smallest absolute Gasteiger partial charge is 0.230 e. The summed E-state index contributed by atoms with van der Waals surface area (Å²) in [6.45, 7) is 0. The van der Waals surface area contributed by atoms with Crippen molar-refractivity contribution in [3.63, 3.8) is 0 Å². The van der Waals surface area contributed by atoms with Gasteiger partial charge in [0, 0.05) is 28.7 Å². The normalized spacial score (nSPS) is 12.4. The van der Waals surface area contributed by atoms with Crippen LogP contribution >= 0.6 is 11.3 Å². The van der Waals surface area contributed by atoms with E-state index in [1.54, 1.807) is 18.4 Å². The Bertz CT molecular complexity index is 944. The van der Waals surface area contributed by atoms with Crippen molar-refractivity contribution in [3.05, 3.63) is 46.6 Å². The van der Waals surface area contributed by atoms with Crippen LogP contribution in [-0.2, 0) is 31.1 Å². The van der Waals surface area contributed by atoms with Gasteiger partial charge in [-0.05, 0) is 18.9 Å². The summed E-state index contributed by atoms with van der Waals surface area (Å²) in [5.74, 6) is 0.623. The first-order chi connectivity index (χ1) is 12.2. The molecule has 4 rings (SSSR count). The van der Waals surface area contributed by atoms with Crippen molar-refractivity contribution in [1.29, 1.82) is 0 Å². The highest BCUT2D eigenvalue weighted by atomic mass is 32.1. The van der Waals surface area contributed by atoms with Crippen LogP contribution in [0.5, 0.6) is 5.75 Å². The highest BCUT2D eigenvalue weighted by Crippen LogP contribution is 2.37. The van der Waals surface area contributed by atoms with E-state index in [4.69, 9.17) is 4.74 Å². The minimum absolute atomic E-state index is 0.0954. The quantitative estimate of drug-likeness (QED) is 0.782. The van der Waals surface area contributed by atoms with Gasteiger partial charge in [-0.25, -0.2) is 4.98 Å². The number of carbonyl (C=O) groups excluding carboxylic acids is 1. The number of hydrogen-bond donors (Lipinski definition) is 1. The highest BCUT2D eigenvalue weighted by molar-refractivity contribution is 7.16. The lowest BCUT2D eigenvalue weighted by atomic mass is 10.0. The summed E-state index contributed by atoms with van der Waals surface area (Å²) in [6.07, 6.45) is 4.00. The molecule has 7 heteroatoms. The lowest BCUT2D eigenvalue weighted by Crippen LogP contribution is -2.14. The van der Waals surface area contributed by atoms with Crippen LogP contribution in [0, 0.1) is 0 Å². The van der Waals surface area contributed by atoms with Crippen molar-refractivity contribution in [2.45, 2.75) is 19.3 Å². The monoisotopic (exact) mass is 354 g/mol. The Morgan fingerprint density at radius 2 is 2.20 bits per heavy atom. The molecule has 2 aromatic heterocycles. The Morgan fingerprint density at radius 3 is 3.04 bits per heavy atom. The molecule has 0 saturated heterocycles. The third kappa shape index (κ3) is 2.91. The molecule has 128 valence electrons. The second-order valence-electron chi connectivity index (χ2n) is 5.96. The number of amides is 1. The molecule has 0 saturated carbocycles. The van der Waals surface area contributed by atoms with Gasteiger partial charge in [-0.3, -0.25) is 9.48 Å². The van der Waals surface area contributed by atoms with Crippen LogP contribution in [-0.4, -0.2) is 27.8 Å². The largest absolute Gasteiger partial charge is 0.496 e. The summed E-state index contributed by atoms with van der Waals surface area (Å²) in [6, 6.07) is 7.54. The molecule has 1 N–H and O–H groups in total. The third-order valence-corrected chi connectivity index (χ3v) is 5.42. The Labute approximate surface area is 149 Å². The number of nitrogens with zero attached hydrogens (tertiary/aromatic N) is 3. The average Bonchev–Trinajstić information content (AvgIpc) is 3.18. The summed E-state index contributed by atoms with van der Waals surface area (Å²) in [4.78, 5) is 18.2. The summed E-state index contributed by atoms with van der Waals surface area (Å²) >= 11 is 1.55. The third-order valence-electron chi connectivity index (χ3n) is 4.39. The van der Waals surface area contributed by atoms with Gasteiger partial charge in [0.05, 0.1) is 25.4 Å². The van der Waals surface area contributed by atoms with Gasteiger partial charge < -0.3 is 10.1 Å². The van der Waals surface area contributed by atoms with Gasteiger partial charge in [0.15, 0.2) is 5.13 Å². The number of carbonyl (C=O) groups is 1. The standard InChI is InChI=1S/C18H18N4O2S/c1-22-13-7-8-15-17(12(13)10-19-22)21-18(25-15)20-16(23)9-11-5-3-4-6-14(11)24-2/h3-6,10H,7-9H2,1-2H3,(H,20,21,23). The van der Waals surface area contributed by atoms with Crippen LogP contribution in [0.3, 0.4) is 0 Å². The minimum Gasteiger partial charge on any atom is -0.496 e. The van der Waals surface area contributed by atoms with E-state index < -0.39 is 0 Å². The van der Waals surface area contributed by atoms with E-state index in [9.17, 15) is 4.79 Å². The Kier molecular flexibility index (Phi) is 4.01. The topological polar surface area (TPSA) is 69.0 Å². The van der Waals surface area contributed by atoms with E-state index in [2.05, 4.69) is 15.4 Å². The van der Waals surface area contributed by atoms with Gasteiger partial charge in [0.1, 0.15) is 5.75 Å². The number of anilines is 1. The molecule has 3 aromatic rings. The van der Waals surface area contributed by atoms with Gasteiger partial charge in [0.2, 0.25) is 5.91 Å². The van der Waals surface area contributed by atoms with Crippen molar-refractivity contribution in [2.24, 2.45) is 7.05 Å². The lowest BCUT2D eigenvalue weighted by molar-refractivity contribution is -0.115. The summed E-state index contributed by atoms with van der Waals surface area (Å²) in [5, 5.41) is 7.88. The van der Waals surface area contributed by atoms with Crippen LogP contribution in [0.4, 0.5) is 5.13 Å². The van der Waals surface area contributed by atoms with E-state index in [-0.39, 0.29) is 12.3 Å². The maximum absolute atomic E-state index is 12.4. The first-order valence-electron chi connectivity index (χ1n) is 8.08. The first kappa shape index (κ1) is 15.8. The Morgan fingerprint density at radius 1 is 1.36 bits per heavy atom. The van der Waals surface area contributed by atoms with Crippen molar-refractivity contribution >= 4 is 22.4 Å². The number of rotatable bonds is 4. The van der Waals surface area contributed by atoms with Crippen LogP contribution < -0.4 is 10.1 Å². The predicted octanol–water partition coefficient (Wildman–Crippen LogP) is 2.83. The summed E-state index contributed by atoms with van der Waals surface area (Å²) < 4.78 is 7.20. The molecule has 25 heavy (non-hydrogen) atoms. The van der Waals surface area contributed by atoms with E-state index >= 15 is 0 Å². The van der Waals surface area contributed by atoms with E-state index in [0.29, 0.717) is 5.13 Å². The molecule has 6 nitrogen and oxygen atoms in total. The van der Waals surface area contributed by atoms with Crippen LogP contribution in [0.2, 0.25) is 0 Å². The molecule has 0 unspecified atom stereocenters. The molecule has 0 radical (unpaired) electrons. The fourth-order valence-corrected chi connectivity index (χ4v) is 4.15. The fourth-order valence-electron chi connectivity index (χ4n) is 3.16. The SMILES string of the molecule is COc1ccccc1CC(=O)Nc1nc2c(s1)CCc1c-2cnn1C. The average molecular weight is 354 g/mol. The van der Waals surface area contributed by atoms with Crippen LogP contribution in [0.15, 0.2) is 30.5 Å². The van der Waals surface area contributed by atoms with Crippen molar-refractivity contribution < 1.29 is 9.53 Å². The van der Waals surface area contributed by atoms with Crippen LogP contribution in [0.1, 0.15) is 16.1 Å². The molecule has 0 bridgehead atoms. The van der Waals surface area contributed by atoms with Crippen molar-refractivity contribution in [2.75, 3.05) is 12.4 Å². The van der Waals surface area contributed by atoms with Crippen molar-refractivity contribution in [3.8, 4) is 17.0 Å². The fraction of sp³-hybridized carbons (Fsp3) is 0.278. The number of aryl methyl sites for hydroxylation is 2.